The molecule has 0 amide bonds. The first-order valence-electron chi connectivity index (χ1n) is 7.26. The average molecular weight is 283 g/mol. The lowest BCUT2D eigenvalue weighted by atomic mass is 9.83. The molecule has 2 unspecified atom stereocenters. The van der Waals surface area contributed by atoms with Gasteiger partial charge in [-0.1, -0.05) is 34.6 Å². The predicted octanol–water partition coefficient (Wildman–Crippen LogP) is 3.89. The summed E-state index contributed by atoms with van der Waals surface area (Å²) in [5.74, 6) is 0. The molecule has 0 radical (unpaired) electrons. The Bertz CT molecular complexity index is 367. The highest BCUT2D eigenvalue weighted by molar-refractivity contribution is 7.11. The van der Waals surface area contributed by atoms with E-state index in [4.69, 9.17) is 4.74 Å². The van der Waals surface area contributed by atoms with Crippen molar-refractivity contribution >= 4 is 11.3 Å². The predicted molar refractivity (Wildman–Crippen MR) is 85.1 cm³/mol. The largest absolute Gasteiger partial charge is 0.379 e. The first-order chi connectivity index (χ1) is 8.92. The number of likely N-dealkylation sites (N-methyl/N-ethyl adjacent to an activating group) is 1. The molecule has 1 aromatic rings. The molecule has 19 heavy (non-hydrogen) atoms. The van der Waals surface area contributed by atoms with E-state index in [1.165, 1.54) is 9.75 Å². The fourth-order valence-corrected chi connectivity index (χ4v) is 3.62. The van der Waals surface area contributed by atoms with Gasteiger partial charge in [-0.2, -0.15) is 0 Å². The third-order valence-electron chi connectivity index (χ3n) is 3.43. The smallest absolute Gasteiger partial charge is 0.0775 e. The minimum Gasteiger partial charge on any atom is -0.379 e. The van der Waals surface area contributed by atoms with E-state index >= 15 is 0 Å². The Morgan fingerprint density at radius 1 is 1.21 bits per heavy atom. The number of hydrogen-bond acceptors (Lipinski definition) is 3. The van der Waals surface area contributed by atoms with Gasteiger partial charge in [0.15, 0.2) is 0 Å². The van der Waals surface area contributed by atoms with Crippen LogP contribution >= 0.6 is 11.3 Å². The number of nitrogens with one attached hydrogen (secondary N) is 1. The van der Waals surface area contributed by atoms with Gasteiger partial charge in [-0.05, 0) is 36.9 Å². The van der Waals surface area contributed by atoms with Crippen LogP contribution in [0.25, 0.3) is 0 Å². The summed E-state index contributed by atoms with van der Waals surface area (Å²) in [6, 6.07) is 4.89. The molecule has 0 spiro atoms. The molecule has 110 valence electrons. The highest BCUT2D eigenvalue weighted by atomic mass is 32.1. The molecule has 0 saturated heterocycles. The Kier molecular flexibility index (Phi) is 6.51. The van der Waals surface area contributed by atoms with Crippen LogP contribution in [0.1, 0.15) is 44.4 Å². The SMILES string of the molecule is CCNC(Cc1ccc(CC)s1)C(OC)C(C)(C)C. The highest BCUT2D eigenvalue weighted by Gasteiger charge is 2.32. The minimum atomic E-state index is 0.145. The zero-order valence-electron chi connectivity index (χ0n) is 13.2. The van der Waals surface area contributed by atoms with Crippen LogP contribution in [0.4, 0.5) is 0 Å². The number of rotatable bonds is 7. The molecule has 1 N–H and O–H groups in total. The maximum Gasteiger partial charge on any atom is 0.0775 e. The molecule has 2 atom stereocenters. The van der Waals surface area contributed by atoms with Gasteiger partial charge in [-0.3, -0.25) is 0 Å². The Hall–Kier alpha value is -0.380. The molecule has 1 aromatic heterocycles. The van der Waals surface area contributed by atoms with Crippen molar-refractivity contribution in [2.45, 2.75) is 59.6 Å². The van der Waals surface area contributed by atoms with Gasteiger partial charge in [0, 0.05) is 22.9 Å². The third kappa shape index (κ3) is 4.90. The molecule has 3 heteroatoms. The quantitative estimate of drug-likeness (QED) is 0.819. The average Bonchev–Trinajstić information content (AvgIpc) is 2.76. The first kappa shape index (κ1) is 16.7. The maximum atomic E-state index is 5.78. The fraction of sp³-hybridized carbons (Fsp3) is 0.750. The second-order valence-corrected chi connectivity index (χ2v) is 7.37. The van der Waals surface area contributed by atoms with Crippen molar-refractivity contribution in [1.29, 1.82) is 0 Å². The molecule has 2 nitrogen and oxygen atoms in total. The van der Waals surface area contributed by atoms with E-state index in [0.29, 0.717) is 6.04 Å². The van der Waals surface area contributed by atoms with Gasteiger partial charge in [0.1, 0.15) is 0 Å². The number of thiophene rings is 1. The molecule has 0 aliphatic rings. The normalized spacial score (nSPS) is 15.5. The monoisotopic (exact) mass is 283 g/mol. The Balaban J connectivity index is 2.81. The maximum absolute atomic E-state index is 5.78. The Morgan fingerprint density at radius 2 is 1.84 bits per heavy atom. The minimum absolute atomic E-state index is 0.145. The molecular formula is C16H29NOS. The van der Waals surface area contributed by atoms with Gasteiger partial charge in [0.05, 0.1) is 6.10 Å². The summed E-state index contributed by atoms with van der Waals surface area (Å²) in [5.41, 5.74) is 0.145. The first-order valence-corrected chi connectivity index (χ1v) is 8.07. The zero-order valence-corrected chi connectivity index (χ0v) is 14.1. The van der Waals surface area contributed by atoms with Crippen LogP contribution in [0, 0.1) is 5.41 Å². The molecule has 0 bridgehead atoms. The lowest BCUT2D eigenvalue weighted by molar-refractivity contribution is -0.0104. The van der Waals surface area contributed by atoms with Crippen LogP contribution in [0.3, 0.4) is 0 Å². The summed E-state index contributed by atoms with van der Waals surface area (Å²) in [6.07, 6.45) is 2.40. The van der Waals surface area contributed by atoms with E-state index in [-0.39, 0.29) is 11.5 Å². The highest BCUT2D eigenvalue weighted by Crippen LogP contribution is 2.28. The zero-order chi connectivity index (χ0) is 14.5. The molecule has 0 saturated carbocycles. The van der Waals surface area contributed by atoms with E-state index in [1.807, 2.05) is 18.4 Å². The van der Waals surface area contributed by atoms with Crippen molar-refractivity contribution in [3.8, 4) is 0 Å². The number of aryl methyl sites for hydroxylation is 1. The molecule has 1 heterocycles. The van der Waals surface area contributed by atoms with Crippen LogP contribution in [-0.4, -0.2) is 25.8 Å². The summed E-state index contributed by atoms with van der Waals surface area (Å²) < 4.78 is 5.78. The Morgan fingerprint density at radius 3 is 2.26 bits per heavy atom. The van der Waals surface area contributed by atoms with Gasteiger partial charge in [-0.25, -0.2) is 0 Å². The molecule has 0 aromatic carbocycles. The number of ether oxygens (including phenoxy) is 1. The van der Waals surface area contributed by atoms with E-state index in [0.717, 1.165) is 19.4 Å². The van der Waals surface area contributed by atoms with E-state index in [2.05, 4.69) is 52.1 Å². The van der Waals surface area contributed by atoms with E-state index in [9.17, 15) is 0 Å². The summed E-state index contributed by atoms with van der Waals surface area (Å²) in [4.78, 5) is 2.92. The molecule has 1 rings (SSSR count). The van der Waals surface area contributed by atoms with Crippen LogP contribution in [-0.2, 0) is 17.6 Å². The standard InChI is InChI=1S/C16H29NOS/c1-7-12-9-10-13(19-12)11-14(17-8-2)15(18-6)16(3,4)5/h9-10,14-15,17H,7-8,11H2,1-6H3. The van der Waals surface area contributed by atoms with Gasteiger partial charge in [0.25, 0.3) is 0 Å². The second kappa shape index (κ2) is 7.41. The topological polar surface area (TPSA) is 21.3 Å². The van der Waals surface area contributed by atoms with Crippen LogP contribution in [0.2, 0.25) is 0 Å². The second-order valence-electron chi connectivity index (χ2n) is 6.11. The van der Waals surface area contributed by atoms with Gasteiger partial charge in [-0.15, -0.1) is 11.3 Å². The van der Waals surface area contributed by atoms with Crippen molar-refractivity contribution in [2.24, 2.45) is 5.41 Å². The summed E-state index contributed by atoms with van der Waals surface area (Å²) >= 11 is 1.93. The number of hydrogen-bond donors (Lipinski definition) is 1. The Labute approximate surface area is 122 Å². The summed E-state index contributed by atoms with van der Waals surface area (Å²) in [7, 11) is 1.83. The molecule has 0 aliphatic heterocycles. The molecule has 0 fully saturated rings. The van der Waals surface area contributed by atoms with Gasteiger partial charge < -0.3 is 10.1 Å². The fourth-order valence-electron chi connectivity index (χ4n) is 2.61. The lowest BCUT2D eigenvalue weighted by Gasteiger charge is -2.36. The number of methoxy groups -OCH3 is 1. The van der Waals surface area contributed by atoms with Crippen LogP contribution in [0.15, 0.2) is 12.1 Å². The van der Waals surface area contributed by atoms with Crippen LogP contribution < -0.4 is 5.32 Å². The van der Waals surface area contributed by atoms with Crippen molar-refractivity contribution in [3.05, 3.63) is 21.9 Å². The molecular weight excluding hydrogens is 254 g/mol. The van der Waals surface area contributed by atoms with Crippen LogP contribution in [0.5, 0.6) is 0 Å². The lowest BCUT2D eigenvalue weighted by Crippen LogP contribution is -2.48. The van der Waals surface area contributed by atoms with E-state index in [1.54, 1.807) is 0 Å². The van der Waals surface area contributed by atoms with Crippen molar-refractivity contribution in [2.75, 3.05) is 13.7 Å². The van der Waals surface area contributed by atoms with Crippen molar-refractivity contribution in [1.82, 2.24) is 5.32 Å². The van der Waals surface area contributed by atoms with Crippen molar-refractivity contribution < 1.29 is 4.74 Å². The third-order valence-corrected chi connectivity index (χ3v) is 4.68. The van der Waals surface area contributed by atoms with Gasteiger partial charge in [0.2, 0.25) is 0 Å². The van der Waals surface area contributed by atoms with E-state index < -0.39 is 0 Å². The summed E-state index contributed by atoms with van der Waals surface area (Å²) in [5, 5.41) is 3.60. The van der Waals surface area contributed by atoms with Crippen molar-refractivity contribution in [3.63, 3.8) is 0 Å². The molecule has 0 aliphatic carbocycles. The summed E-state index contributed by atoms with van der Waals surface area (Å²) in [6.45, 7) is 12.1. The van der Waals surface area contributed by atoms with Gasteiger partial charge >= 0.3 is 0 Å².